The van der Waals surface area contributed by atoms with Crippen LogP contribution in [0.2, 0.25) is 0 Å². The molecule has 1 aliphatic rings. The van der Waals surface area contributed by atoms with Crippen molar-refractivity contribution in [2.45, 2.75) is 24.2 Å². The number of benzene rings is 1. The van der Waals surface area contributed by atoms with Gasteiger partial charge in [0.25, 0.3) is 0 Å². The quantitative estimate of drug-likeness (QED) is 0.467. The molecule has 0 unspecified atom stereocenters. The minimum Gasteiger partial charge on any atom is -0.507 e. The highest BCUT2D eigenvalue weighted by atomic mass is 32.2. The molecule has 2 heterocycles. The molecular weight excluding hydrogens is 406 g/mol. The van der Waals surface area contributed by atoms with Crippen molar-refractivity contribution in [3.05, 3.63) is 71.1 Å². The molecule has 0 spiro atoms. The van der Waals surface area contributed by atoms with Crippen molar-refractivity contribution in [2.24, 2.45) is 0 Å². The van der Waals surface area contributed by atoms with E-state index in [9.17, 15) is 28.8 Å². The number of aromatic hydroxyl groups is 1. The highest BCUT2D eigenvalue weighted by Gasteiger charge is 2.40. The van der Waals surface area contributed by atoms with Crippen molar-refractivity contribution in [3.63, 3.8) is 0 Å². The third-order valence-electron chi connectivity index (χ3n) is 5.23. The predicted molar refractivity (Wildman–Crippen MR) is 114 cm³/mol. The second kappa shape index (κ2) is 9.53. The topological polar surface area (TPSA) is 128 Å². The normalized spacial score (nSPS) is 19.8. The monoisotopic (exact) mass is 431 g/mol. The summed E-state index contributed by atoms with van der Waals surface area (Å²) in [6.45, 7) is -1.12. The molecule has 0 bridgehead atoms. The Morgan fingerprint density at radius 1 is 1.17 bits per heavy atom. The molecule has 0 amide bonds. The number of nitrogens with zero attached hydrogens (tertiary/aromatic N) is 1. The minimum absolute atomic E-state index is 0.110. The summed E-state index contributed by atoms with van der Waals surface area (Å²) in [5, 5.41) is 38.8. The van der Waals surface area contributed by atoms with Gasteiger partial charge in [-0.3, -0.25) is 4.98 Å². The second-order valence-corrected chi connectivity index (χ2v) is 9.38. The standard InChI is InChI=1S/C22H25NO6S/c24-12-17-14-30(28,29)21(13-25)22(17)20(27)9-8-15(18-6-3-4-10-23-18)11-16-5-1-2-7-19(16)26/h1-7,10-11,20-21,24-27H,8-9,12-14H2/b15-11-/t20-,21+/m1/s1. The average Bonchev–Trinajstić information content (AvgIpc) is 3.02. The molecule has 30 heavy (non-hydrogen) atoms. The van der Waals surface area contributed by atoms with E-state index in [1.165, 1.54) is 0 Å². The summed E-state index contributed by atoms with van der Waals surface area (Å²) in [6.07, 6.45) is 2.79. The Morgan fingerprint density at radius 3 is 2.53 bits per heavy atom. The number of hydrogen-bond donors (Lipinski definition) is 4. The van der Waals surface area contributed by atoms with Crippen molar-refractivity contribution < 1.29 is 28.8 Å². The molecule has 4 N–H and O–H groups in total. The van der Waals surface area contributed by atoms with Gasteiger partial charge in [0.15, 0.2) is 9.84 Å². The largest absolute Gasteiger partial charge is 0.507 e. The van der Waals surface area contributed by atoms with E-state index >= 15 is 0 Å². The Balaban J connectivity index is 1.88. The van der Waals surface area contributed by atoms with Gasteiger partial charge < -0.3 is 20.4 Å². The van der Waals surface area contributed by atoms with Crippen LogP contribution in [0, 0.1) is 0 Å². The maximum Gasteiger partial charge on any atom is 0.163 e. The number of para-hydroxylation sites is 1. The van der Waals surface area contributed by atoms with Crippen LogP contribution in [0.1, 0.15) is 24.1 Å². The summed E-state index contributed by atoms with van der Waals surface area (Å²) >= 11 is 0. The fourth-order valence-electron chi connectivity index (χ4n) is 3.72. The molecule has 8 heteroatoms. The van der Waals surface area contributed by atoms with Crippen molar-refractivity contribution in [1.29, 1.82) is 0 Å². The summed E-state index contributed by atoms with van der Waals surface area (Å²) in [5.41, 5.74) is 2.44. The number of aliphatic hydroxyl groups excluding tert-OH is 3. The second-order valence-electron chi connectivity index (χ2n) is 7.19. The number of phenols is 1. The molecule has 3 rings (SSSR count). The van der Waals surface area contributed by atoms with Gasteiger partial charge in [-0.25, -0.2) is 8.42 Å². The smallest absolute Gasteiger partial charge is 0.163 e. The molecule has 1 aliphatic heterocycles. The summed E-state index contributed by atoms with van der Waals surface area (Å²) in [5.74, 6) is -0.249. The first kappa shape index (κ1) is 22.2. The van der Waals surface area contributed by atoms with E-state index in [4.69, 9.17) is 0 Å². The van der Waals surface area contributed by atoms with E-state index in [1.54, 1.807) is 42.6 Å². The number of aromatic nitrogens is 1. The molecule has 2 atom stereocenters. The lowest BCUT2D eigenvalue weighted by Crippen LogP contribution is -2.29. The number of rotatable bonds is 8. The van der Waals surface area contributed by atoms with E-state index in [1.807, 2.05) is 12.1 Å². The van der Waals surface area contributed by atoms with Crippen molar-refractivity contribution >= 4 is 21.5 Å². The van der Waals surface area contributed by atoms with Crippen LogP contribution in [0.4, 0.5) is 0 Å². The fourth-order valence-corrected chi connectivity index (χ4v) is 5.60. The van der Waals surface area contributed by atoms with Gasteiger partial charge in [0.2, 0.25) is 0 Å². The van der Waals surface area contributed by atoms with Gasteiger partial charge in [0.1, 0.15) is 11.0 Å². The van der Waals surface area contributed by atoms with Crippen LogP contribution in [0.5, 0.6) is 5.75 Å². The Morgan fingerprint density at radius 2 is 1.90 bits per heavy atom. The van der Waals surface area contributed by atoms with Crippen LogP contribution >= 0.6 is 0 Å². The number of aliphatic hydroxyl groups is 3. The van der Waals surface area contributed by atoms with Gasteiger partial charge in [-0.1, -0.05) is 24.3 Å². The molecule has 0 radical (unpaired) electrons. The Labute approximate surface area is 175 Å². The lowest BCUT2D eigenvalue weighted by molar-refractivity contribution is 0.188. The fraction of sp³-hybridized carbons (Fsp3) is 0.318. The van der Waals surface area contributed by atoms with Crippen LogP contribution in [-0.2, 0) is 9.84 Å². The van der Waals surface area contributed by atoms with Gasteiger partial charge in [0.05, 0.1) is 30.8 Å². The van der Waals surface area contributed by atoms with E-state index in [2.05, 4.69) is 4.98 Å². The number of phenolic OH excluding ortho intramolecular Hbond substituents is 1. The average molecular weight is 432 g/mol. The number of hydrogen-bond acceptors (Lipinski definition) is 7. The van der Waals surface area contributed by atoms with Crippen LogP contribution in [0.3, 0.4) is 0 Å². The third-order valence-corrected chi connectivity index (χ3v) is 7.25. The van der Waals surface area contributed by atoms with Gasteiger partial charge in [-0.2, -0.15) is 0 Å². The summed E-state index contributed by atoms with van der Waals surface area (Å²) in [7, 11) is -3.64. The van der Waals surface area contributed by atoms with Crippen LogP contribution < -0.4 is 0 Å². The zero-order valence-corrected chi connectivity index (χ0v) is 17.2. The zero-order valence-electron chi connectivity index (χ0n) is 16.3. The molecule has 0 saturated carbocycles. The third kappa shape index (κ3) is 4.79. The lowest BCUT2D eigenvalue weighted by Gasteiger charge is -2.19. The molecule has 160 valence electrons. The predicted octanol–water partition coefficient (Wildman–Crippen LogP) is 1.55. The maximum atomic E-state index is 12.2. The number of sulfone groups is 1. The molecule has 1 aromatic carbocycles. The Bertz CT molecular complexity index is 1050. The number of pyridine rings is 1. The van der Waals surface area contributed by atoms with Gasteiger partial charge in [-0.15, -0.1) is 0 Å². The first-order chi connectivity index (χ1) is 14.4. The van der Waals surface area contributed by atoms with Crippen LogP contribution in [0.25, 0.3) is 11.6 Å². The molecule has 0 aliphatic carbocycles. The molecule has 0 fully saturated rings. The highest BCUT2D eigenvalue weighted by Crippen LogP contribution is 2.33. The molecule has 7 nitrogen and oxygen atoms in total. The molecule has 1 aromatic heterocycles. The summed E-state index contributed by atoms with van der Waals surface area (Å²) < 4.78 is 24.5. The maximum absolute atomic E-state index is 12.2. The van der Waals surface area contributed by atoms with Crippen molar-refractivity contribution in [3.8, 4) is 5.75 Å². The Hall–Kier alpha value is -2.52. The number of allylic oxidation sites excluding steroid dienone is 1. The lowest BCUT2D eigenvalue weighted by atomic mass is 9.94. The van der Waals surface area contributed by atoms with Crippen LogP contribution in [-0.4, -0.2) is 64.1 Å². The van der Waals surface area contributed by atoms with Gasteiger partial charge >= 0.3 is 0 Å². The molecule has 2 aromatic rings. The first-order valence-electron chi connectivity index (χ1n) is 9.60. The van der Waals surface area contributed by atoms with E-state index < -0.39 is 34.4 Å². The van der Waals surface area contributed by atoms with Crippen molar-refractivity contribution in [1.82, 2.24) is 4.98 Å². The SMILES string of the molecule is O=S1(=O)CC(CO)=C([C@H](O)CC/C(=C/c2ccccc2O)c2ccccn2)[C@@H]1CO. The van der Waals surface area contributed by atoms with Gasteiger partial charge in [-0.05, 0) is 53.8 Å². The van der Waals surface area contributed by atoms with Crippen LogP contribution in [0.15, 0.2) is 59.8 Å². The highest BCUT2D eigenvalue weighted by molar-refractivity contribution is 7.92. The summed E-state index contributed by atoms with van der Waals surface area (Å²) in [4.78, 5) is 4.35. The van der Waals surface area contributed by atoms with Crippen molar-refractivity contribution in [2.75, 3.05) is 19.0 Å². The van der Waals surface area contributed by atoms with Gasteiger partial charge in [0, 0.05) is 11.8 Å². The zero-order chi connectivity index (χ0) is 21.7. The minimum atomic E-state index is -3.64. The molecule has 0 saturated heterocycles. The van der Waals surface area contributed by atoms with E-state index in [0.29, 0.717) is 17.7 Å². The van der Waals surface area contributed by atoms with E-state index in [-0.39, 0.29) is 29.1 Å². The Kier molecular flexibility index (Phi) is 7.04. The molecular formula is C22H25NO6S. The summed E-state index contributed by atoms with van der Waals surface area (Å²) in [6, 6.07) is 12.3. The first-order valence-corrected chi connectivity index (χ1v) is 11.3. The van der Waals surface area contributed by atoms with E-state index in [0.717, 1.165) is 5.57 Å².